The lowest BCUT2D eigenvalue weighted by Crippen LogP contribution is -2.49. The zero-order valence-electron chi connectivity index (χ0n) is 17.0. The summed E-state index contributed by atoms with van der Waals surface area (Å²) < 4.78 is 0. The molecule has 2 N–H and O–H groups in total. The lowest BCUT2D eigenvalue weighted by molar-refractivity contribution is 0.260. The fourth-order valence-electron chi connectivity index (χ4n) is 3.05. The molecule has 2 aromatic heterocycles. The van der Waals surface area contributed by atoms with E-state index >= 15 is 0 Å². The number of aryl methyl sites for hydroxylation is 2. The molecule has 1 saturated heterocycles. The smallest absolute Gasteiger partial charge is 0.225 e. The number of guanidine groups is 1. The van der Waals surface area contributed by atoms with Crippen molar-refractivity contribution in [3.8, 4) is 0 Å². The average molecular weight is 403 g/mol. The molecule has 0 aromatic carbocycles. The van der Waals surface area contributed by atoms with Gasteiger partial charge in [-0.15, -0.1) is 11.3 Å². The molecule has 3 heterocycles. The average Bonchev–Trinajstić information content (AvgIpc) is 3.05. The Bertz CT molecular complexity index is 733. The lowest BCUT2D eigenvalue weighted by Gasteiger charge is -2.34. The third-order valence-electron chi connectivity index (χ3n) is 4.72. The quantitative estimate of drug-likeness (QED) is 0.535. The van der Waals surface area contributed by atoms with Gasteiger partial charge >= 0.3 is 0 Å². The minimum absolute atomic E-state index is 0.616. The van der Waals surface area contributed by atoms with Gasteiger partial charge in [-0.2, -0.15) is 0 Å². The van der Waals surface area contributed by atoms with Crippen molar-refractivity contribution in [3.05, 3.63) is 34.0 Å². The van der Waals surface area contributed by atoms with Gasteiger partial charge in [0.15, 0.2) is 5.96 Å². The highest BCUT2D eigenvalue weighted by atomic mass is 32.1. The van der Waals surface area contributed by atoms with Gasteiger partial charge in [0, 0.05) is 63.1 Å². The summed E-state index contributed by atoms with van der Waals surface area (Å²) in [5, 5.41) is 7.81. The third kappa shape index (κ3) is 5.87. The number of aromatic nitrogens is 3. The molecule has 152 valence electrons. The Hall–Kier alpha value is -2.26. The molecule has 0 bridgehead atoms. The number of nitrogens with one attached hydrogen (secondary N) is 2. The summed E-state index contributed by atoms with van der Waals surface area (Å²) in [6, 6.07) is 1.85. The van der Waals surface area contributed by atoms with Gasteiger partial charge in [-0.05, 0) is 26.8 Å². The highest BCUT2D eigenvalue weighted by Gasteiger charge is 2.18. The third-order valence-corrected chi connectivity index (χ3v) is 5.77. The van der Waals surface area contributed by atoms with Crippen LogP contribution in [0.4, 0.5) is 5.95 Å². The first-order valence-corrected chi connectivity index (χ1v) is 10.7. The van der Waals surface area contributed by atoms with Gasteiger partial charge in [0.25, 0.3) is 0 Å². The maximum atomic E-state index is 4.67. The van der Waals surface area contributed by atoms with Crippen molar-refractivity contribution in [1.29, 1.82) is 0 Å². The number of hydrogen-bond donors (Lipinski definition) is 2. The summed E-state index contributed by atoms with van der Waals surface area (Å²) >= 11 is 1.72. The first-order chi connectivity index (χ1) is 13.7. The number of rotatable bonds is 7. The van der Waals surface area contributed by atoms with Crippen molar-refractivity contribution in [2.24, 2.45) is 4.99 Å². The molecule has 0 saturated carbocycles. The molecule has 0 unspecified atom stereocenters. The molecule has 2 aromatic rings. The second kappa shape index (κ2) is 10.3. The Kier molecular flexibility index (Phi) is 7.55. The fourth-order valence-corrected chi connectivity index (χ4v) is 3.91. The van der Waals surface area contributed by atoms with E-state index in [1.807, 2.05) is 13.0 Å². The predicted octanol–water partition coefficient (Wildman–Crippen LogP) is 1.43. The van der Waals surface area contributed by atoms with Gasteiger partial charge in [-0.1, -0.05) is 0 Å². The van der Waals surface area contributed by atoms with E-state index in [4.69, 9.17) is 0 Å². The molecule has 28 heavy (non-hydrogen) atoms. The monoisotopic (exact) mass is 402 g/mol. The van der Waals surface area contributed by atoms with Crippen LogP contribution >= 0.6 is 11.3 Å². The summed E-state index contributed by atoms with van der Waals surface area (Å²) in [5.74, 6) is 1.68. The summed E-state index contributed by atoms with van der Waals surface area (Å²) in [6.07, 6.45) is 3.60. The highest BCUT2D eigenvalue weighted by Crippen LogP contribution is 2.16. The normalized spacial score (nSPS) is 15.7. The van der Waals surface area contributed by atoms with Crippen LogP contribution in [0.25, 0.3) is 0 Å². The standard InChI is InChI=1S/C19H30N8S/c1-4-20-18(24-14-17-25-15(2)16(3)28-17)21-8-9-26-10-12-27(13-11-26)19-22-6-5-7-23-19/h5-7H,4,8-14H2,1-3H3,(H2,20,21,24). The van der Waals surface area contributed by atoms with Gasteiger partial charge < -0.3 is 15.5 Å². The molecule has 1 aliphatic rings. The Morgan fingerprint density at radius 3 is 2.54 bits per heavy atom. The topological polar surface area (TPSA) is 81.6 Å². The van der Waals surface area contributed by atoms with Gasteiger partial charge in [0.1, 0.15) is 5.01 Å². The summed E-state index contributed by atoms with van der Waals surface area (Å²) in [7, 11) is 0. The minimum Gasteiger partial charge on any atom is -0.357 e. The van der Waals surface area contributed by atoms with Crippen LogP contribution in [-0.4, -0.2) is 71.6 Å². The van der Waals surface area contributed by atoms with Crippen molar-refractivity contribution in [3.63, 3.8) is 0 Å². The molecule has 0 aliphatic carbocycles. The predicted molar refractivity (Wildman–Crippen MR) is 115 cm³/mol. The summed E-state index contributed by atoms with van der Waals surface area (Å²) in [6.45, 7) is 13.5. The van der Waals surface area contributed by atoms with E-state index in [0.717, 1.165) is 68.4 Å². The number of nitrogens with zero attached hydrogens (tertiary/aromatic N) is 6. The second-order valence-electron chi connectivity index (χ2n) is 6.75. The van der Waals surface area contributed by atoms with E-state index < -0.39 is 0 Å². The number of anilines is 1. The van der Waals surface area contributed by atoms with Crippen molar-refractivity contribution >= 4 is 23.2 Å². The Morgan fingerprint density at radius 1 is 1.14 bits per heavy atom. The largest absolute Gasteiger partial charge is 0.357 e. The molecule has 0 radical (unpaired) electrons. The van der Waals surface area contributed by atoms with Crippen molar-refractivity contribution < 1.29 is 0 Å². The Balaban J connectivity index is 1.41. The fraction of sp³-hybridized carbons (Fsp3) is 0.579. The SMILES string of the molecule is CCNC(=NCc1nc(C)c(C)s1)NCCN1CCN(c2ncccn2)CC1. The van der Waals surface area contributed by atoms with Crippen LogP contribution in [0.3, 0.4) is 0 Å². The van der Waals surface area contributed by atoms with Crippen LogP contribution in [0.2, 0.25) is 0 Å². The van der Waals surface area contributed by atoms with E-state index in [0.29, 0.717) is 6.54 Å². The molecular weight excluding hydrogens is 372 g/mol. The van der Waals surface area contributed by atoms with Crippen LogP contribution in [0.5, 0.6) is 0 Å². The van der Waals surface area contributed by atoms with Crippen molar-refractivity contribution in [2.45, 2.75) is 27.3 Å². The highest BCUT2D eigenvalue weighted by molar-refractivity contribution is 7.11. The molecule has 0 amide bonds. The van der Waals surface area contributed by atoms with Gasteiger partial charge in [-0.25, -0.2) is 19.9 Å². The lowest BCUT2D eigenvalue weighted by atomic mass is 10.3. The van der Waals surface area contributed by atoms with E-state index in [-0.39, 0.29) is 0 Å². The zero-order valence-corrected chi connectivity index (χ0v) is 17.8. The van der Waals surface area contributed by atoms with Crippen molar-refractivity contribution in [2.75, 3.05) is 50.7 Å². The van der Waals surface area contributed by atoms with Gasteiger partial charge in [-0.3, -0.25) is 4.90 Å². The van der Waals surface area contributed by atoms with Crippen LogP contribution in [0, 0.1) is 13.8 Å². The van der Waals surface area contributed by atoms with Crippen molar-refractivity contribution in [1.82, 2.24) is 30.5 Å². The van der Waals surface area contributed by atoms with Crippen LogP contribution < -0.4 is 15.5 Å². The van der Waals surface area contributed by atoms with Crippen LogP contribution in [0.15, 0.2) is 23.5 Å². The maximum Gasteiger partial charge on any atom is 0.225 e. The molecule has 0 atom stereocenters. The second-order valence-corrected chi connectivity index (χ2v) is 8.04. The molecule has 0 spiro atoms. The number of thiazole rings is 1. The summed E-state index contributed by atoms with van der Waals surface area (Å²) in [5.41, 5.74) is 1.10. The number of hydrogen-bond acceptors (Lipinski definition) is 7. The van der Waals surface area contributed by atoms with Gasteiger partial charge in [0.2, 0.25) is 5.95 Å². The van der Waals surface area contributed by atoms with E-state index in [9.17, 15) is 0 Å². The minimum atomic E-state index is 0.616. The molecule has 8 nitrogen and oxygen atoms in total. The van der Waals surface area contributed by atoms with Crippen LogP contribution in [-0.2, 0) is 6.54 Å². The summed E-state index contributed by atoms with van der Waals surface area (Å²) in [4.78, 5) is 23.9. The maximum absolute atomic E-state index is 4.67. The molecule has 3 rings (SSSR count). The van der Waals surface area contributed by atoms with Gasteiger partial charge in [0.05, 0.1) is 12.2 Å². The first-order valence-electron chi connectivity index (χ1n) is 9.85. The van der Waals surface area contributed by atoms with E-state index in [2.05, 4.69) is 54.2 Å². The van der Waals surface area contributed by atoms with E-state index in [1.54, 1.807) is 23.7 Å². The molecule has 1 aliphatic heterocycles. The number of piperazine rings is 1. The Morgan fingerprint density at radius 2 is 1.89 bits per heavy atom. The van der Waals surface area contributed by atoms with E-state index in [1.165, 1.54) is 4.88 Å². The molecule has 1 fully saturated rings. The molecular formula is C19H30N8S. The molecule has 9 heteroatoms. The first kappa shape index (κ1) is 20.5. The Labute approximate surface area is 171 Å². The number of aliphatic imine (C=N–C) groups is 1. The van der Waals surface area contributed by atoms with Crippen LogP contribution in [0.1, 0.15) is 22.5 Å². The zero-order chi connectivity index (χ0) is 19.8.